The molecule has 1 heterocycles. The van der Waals surface area contributed by atoms with Crippen LogP contribution in [-0.2, 0) is 0 Å². The summed E-state index contributed by atoms with van der Waals surface area (Å²) < 4.78 is 0. The molecule has 0 saturated carbocycles. The first kappa shape index (κ1) is 13.4. The molecule has 0 unspecified atom stereocenters. The molecule has 2 rings (SSSR count). The molecule has 1 aromatic carbocycles. The average Bonchev–Trinajstić information content (AvgIpc) is 2.46. The molecule has 0 bridgehead atoms. The van der Waals surface area contributed by atoms with Gasteiger partial charge in [0.15, 0.2) is 0 Å². The number of anilines is 2. The second kappa shape index (κ2) is 6.75. The molecule has 1 aromatic heterocycles. The van der Waals surface area contributed by atoms with Crippen molar-refractivity contribution in [1.82, 2.24) is 15.3 Å². The summed E-state index contributed by atoms with van der Waals surface area (Å²) in [5, 5.41) is 5.82. The molecule has 1 amide bonds. The molecule has 0 aliphatic heterocycles. The number of amides is 1. The summed E-state index contributed by atoms with van der Waals surface area (Å²) in [5.74, 6) is 0.941. The number of aromatic nitrogens is 2. The van der Waals surface area contributed by atoms with Gasteiger partial charge in [-0.3, -0.25) is 4.79 Å². The van der Waals surface area contributed by atoms with Gasteiger partial charge in [0.05, 0.1) is 0 Å². The minimum atomic E-state index is -0.229. The van der Waals surface area contributed by atoms with Gasteiger partial charge < -0.3 is 10.6 Å². The van der Waals surface area contributed by atoms with Gasteiger partial charge in [-0.25, -0.2) is 9.97 Å². The van der Waals surface area contributed by atoms with Crippen molar-refractivity contribution in [3.8, 4) is 0 Å². The van der Waals surface area contributed by atoms with Gasteiger partial charge in [0.1, 0.15) is 17.8 Å². The minimum Gasteiger partial charge on any atom is -0.350 e. The van der Waals surface area contributed by atoms with E-state index in [1.165, 1.54) is 6.33 Å². The maximum Gasteiger partial charge on any atom is 0.270 e. The van der Waals surface area contributed by atoms with Crippen molar-refractivity contribution in [3.05, 3.63) is 48.4 Å². The summed E-state index contributed by atoms with van der Waals surface area (Å²) in [5.41, 5.74) is 1.23. The van der Waals surface area contributed by atoms with Crippen molar-refractivity contribution < 1.29 is 4.79 Å². The first-order valence-corrected chi connectivity index (χ1v) is 6.46. The molecule has 5 nitrogen and oxygen atoms in total. The molecule has 0 aliphatic rings. The van der Waals surface area contributed by atoms with Crippen LogP contribution in [0.4, 0.5) is 11.5 Å². The predicted octanol–water partition coefficient (Wildman–Crippen LogP) is 1.88. The fourth-order valence-corrected chi connectivity index (χ4v) is 1.59. The Hall–Kier alpha value is -2.08. The molecule has 2 N–H and O–H groups in total. The predicted molar refractivity (Wildman–Crippen MR) is 77.9 cm³/mol. The van der Waals surface area contributed by atoms with Crippen molar-refractivity contribution >= 4 is 30.0 Å². The molecule has 0 radical (unpaired) electrons. The molecule has 0 saturated heterocycles. The van der Waals surface area contributed by atoms with Gasteiger partial charge in [-0.2, -0.15) is 12.6 Å². The van der Waals surface area contributed by atoms with E-state index in [-0.39, 0.29) is 5.91 Å². The van der Waals surface area contributed by atoms with Crippen LogP contribution in [0.15, 0.2) is 42.7 Å². The van der Waals surface area contributed by atoms with Crippen LogP contribution in [0.25, 0.3) is 0 Å². The summed E-state index contributed by atoms with van der Waals surface area (Å²) in [7, 11) is 0. The van der Waals surface area contributed by atoms with Crippen molar-refractivity contribution in [1.29, 1.82) is 0 Å². The van der Waals surface area contributed by atoms with Crippen LogP contribution >= 0.6 is 12.6 Å². The van der Waals surface area contributed by atoms with E-state index < -0.39 is 0 Å². The molecule has 0 aliphatic carbocycles. The van der Waals surface area contributed by atoms with Gasteiger partial charge in [-0.05, 0) is 12.1 Å². The number of carbonyl (C=O) groups excluding carboxylic acids is 1. The molecular formula is C13H14N4OS. The Labute approximate surface area is 116 Å². The van der Waals surface area contributed by atoms with Crippen LogP contribution in [0.2, 0.25) is 0 Å². The zero-order chi connectivity index (χ0) is 13.5. The minimum absolute atomic E-state index is 0.229. The van der Waals surface area contributed by atoms with Gasteiger partial charge >= 0.3 is 0 Å². The molecule has 0 atom stereocenters. The summed E-state index contributed by atoms with van der Waals surface area (Å²) in [6.07, 6.45) is 1.36. The van der Waals surface area contributed by atoms with Gasteiger partial charge in [0.25, 0.3) is 5.91 Å². The number of hydrogen-bond acceptors (Lipinski definition) is 5. The van der Waals surface area contributed by atoms with Crippen molar-refractivity contribution in [3.63, 3.8) is 0 Å². The highest BCUT2D eigenvalue weighted by Gasteiger charge is 2.07. The third kappa shape index (κ3) is 3.96. The molecule has 0 spiro atoms. The highest BCUT2D eigenvalue weighted by atomic mass is 32.1. The van der Waals surface area contributed by atoms with Gasteiger partial charge in [-0.1, -0.05) is 18.2 Å². The lowest BCUT2D eigenvalue weighted by molar-refractivity contribution is 0.0951. The van der Waals surface area contributed by atoms with Gasteiger partial charge in [0, 0.05) is 24.1 Å². The van der Waals surface area contributed by atoms with E-state index >= 15 is 0 Å². The monoisotopic (exact) mass is 274 g/mol. The number of rotatable bonds is 5. The lowest BCUT2D eigenvalue weighted by atomic mass is 10.3. The van der Waals surface area contributed by atoms with E-state index in [0.717, 1.165) is 5.69 Å². The number of nitrogens with one attached hydrogen (secondary N) is 2. The van der Waals surface area contributed by atoms with Crippen LogP contribution in [0.1, 0.15) is 10.5 Å². The number of carbonyl (C=O) groups is 1. The van der Waals surface area contributed by atoms with Crippen LogP contribution in [-0.4, -0.2) is 28.2 Å². The fraction of sp³-hybridized carbons (Fsp3) is 0.154. The molecular weight excluding hydrogens is 260 g/mol. The standard InChI is InChI=1S/C13H14N4OS/c18-13(14-6-7-19)11-8-12(16-9-15-11)17-10-4-2-1-3-5-10/h1-5,8-9,19H,6-7H2,(H,14,18)(H,15,16,17). The molecule has 6 heteroatoms. The van der Waals surface area contributed by atoms with E-state index in [1.54, 1.807) is 6.07 Å². The summed E-state index contributed by atoms with van der Waals surface area (Å²) in [6.45, 7) is 0.507. The van der Waals surface area contributed by atoms with Crippen molar-refractivity contribution in [2.45, 2.75) is 0 Å². The smallest absolute Gasteiger partial charge is 0.270 e. The van der Waals surface area contributed by atoms with Gasteiger partial charge in [0.2, 0.25) is 0 Å². The normalized spacial score (nSPS) is 9.95. The zero-order valence-electron chi connectivity index (χ0n) is 10.2. The lowest BCUT2D eigenvalue weighted by Gasteiger charge is -2.06. The Kier molecular flexibility index (Phi) is 4.74. The zero-order valence-corrected chi connectivity index (χ0v) is 11.1. The van der Waals surface area contributed by atoms with Crippen LogP contribution in [0.5, 0.6) is 0 Å². The third-order valence-corrected chi connectivity index (χ3v) is 2.57. The quantitative estimate of drug-likeness (QED) is 0.728. The second-order valence-electron chi connectivity index (χ2n) is 3.76. The maximum atomic E-state index is 11.7. The number of thiol groups is 1. The number of hydrogen-bond donors (Lipinski definition) is 3. The Morgan fingerprint density at radius 3 is 2.74 bits per heavy atom. The first-order valence-electron chi connectivity index (χ1n) is 5.83. The average molecular weight is 274 g/mol. The van der Waals surface area contributed by atoms with Crippen LogP contribution in [0.3, 0.4) is 0 Å². The highest BCUT2D eigenvalue weighted by molar-refractivity contribution is 7.80. The second-order valence-corrected chi connectivity index (χ2v) is 4.21. The SMILES string of the molecule is O=C(NCCS)c1cc(Nc2ccccc2)ncn1. The molecule has 98 valence electrons. The Morgan fingerprint density at radius 1 is 1.21 bits per heavy atom. The van der Waals surface area contributed by atoms with E-state index in [4.69, 9.17) is 0 Å². The van der Waals surface area contributed by atoms with E-state index in [2.05, 4.69) is 33.2 Å². The summed E-state index contributed by atoms with van der Waals surface area (Å²) >= 11 is 4.03. The number of para-hydroxylation sites is 1. The van der Waals surface area contributed by atoms with Crippen LogP contribution in [0, 0.1) is 0 Å². The Balaban J connectivity index is 2.09. The van der Waals surface area contributed by atoms with Crippen LogP contribution < -0.4 is 10.6 Å². The van der Waals surface area contributed by atoms with E-state index in [1.807, 2.05) is 30.3 Å². The maximum absolute atomic E-state index is 11.7. The van der Waals surface area contributed by atoms with E-state index in [0.29, 0.717) is 23.8 Å². The van der Waals surface area contributed by atoms with Gasteiger partial charge in [-0.15, -0.1) is 0 Å². The number of benzene rings is 1. The highest BCUT2D eigenvalue weighted by Crippen LogP contribution is 2.13. The van der Waals surface area contributed by atoms with Crippen molar-refractivity contribution in [2.75, 3.05) is 17.6 Å². The van der Waals surface area contributed by atoms with Crippen molar-refractivity contribution in [2.24, 2.45) is 0 Å². The third-order valence-electron chi connectivity index (χ3n) is 2.34. The fourth-order valence-electron chi connectivity index (χ4n) is 1.48. The largest absolute Gasteiger partial charge is 0.350 e. The first-order chi connectivity index (χ1) is 9.29. The molecule has 2 aromatic rings. The topological polar surface area (TPSA) is 66.9 Å². The number of nitrogens with zero attached hydrogens (tertiary/aromatic N) is 2. The summed E-state index contributed by atoms with van der Waals surface area (Å²) in [4.78, 5) is 19.8. The lowest BCUT2D eigenvalue weighted by Crippen LogP contribution is -2.26. The Bertz CT molecular complexity index is 547. The van der Waals surface area contributed by atoms with E-state index in [9.17, 15) is 4.79 Å². The molecule has 0 fully saturated rings. The Morgan fingerprint density at radius 2 is 2.00 bits per heavy atom. The molecule has 19 heavy (non-hydrogen) atoms. The summed E-state index contributed by atoms with van der Waals surface area (Å²) in [6, 6.07) is 11.2.